The lowest BCUT2D eigenvalue weighted by Crippen LogP contribution is -2.06. The molecule has 0 unspecified atom stereocenters. The normalized spacial score (nSPS) is 10.0. The number of halogens is 1. The summed E-state index contributed by atoms with van der Waals surface area (Å²) in [6.07, 6.45) is 1.47. The monoisotopic (exact) mass is 350 g/mol. The maximum atomic E-state index is 11.0. The molecule has 1 amide bonds. The first-order chi connectivity index (χ1) is 9.95. The van der Waals surface area contributed by atoms with Crippen molar-refractivity contribution >= 4 is 44.7 Å². The van der Waals surface area contributed by atoms with Gasteiger partial charge in [-0.3, -0.25) is 14.9 Å². The van der Waals surface area contributed by atoms with Crippen molar-refractivity contribution in [1.82, 2.24) is 4.98 Å². The zero-order valence-corrected chi connectivity index (χ0v) is 12.5. The number of carbonyl (C=O) groups is 1. The van der Waals surface area contributed by atoms with E-state index in [0.29, 0.717) is 15.8 Å². The lowest BCUT2D eigenvalue weighted by Gasteiger charge is -2.08. The quantitative estimate of drug-likeness (QED) is 0.650. The first kappa shape index (κ1) is 14.9. The molecule has 0 aliphatic rings. The van der Waals surface area contributed by atoms with Crippen LogP contribution in [-0.4, -0.2) is 15.8 Å². The van der Waals surface area contributed by atoms with E-state index in [1.807, 2.05) is 0 Å². The number of amides is 1. The summed E-state index contributed by atoms with van der Waals surface area (Å²) in [4.78, 5) is 25.5. The van der Waals surface area contributed by atoms with Gasteiger partial charge in [-0.05, 0) is 34.1 Å². The Morgan fingerprint density at radius 1 is 1.33 bits per heavy atom. The van der Waals surface area contributed by atoms with E-state index in [9.17, 15) is 14.9 Å². The molecule has 2 aromatic rings. The minimum absolute atomic E-state index is 0.128. The number of rotatable bonds is 4. The summed E-state index contributed by atoms with van der Waals surface area (Å²) in [6.45, 7) is 1.40. The van der Waals surface area contributed by atoms with Gasteiger partial charge in [0, 0.05) is 35.0 Å². The standard InChI is InChI=1S/C13H11BrN4O3/c1-8(19)16-10-3-2-4-11(6-10)17-13-12(18(20)21)5-9(14)7-15-13/h2-7H,1H3,(H,15,17)(H,16,19). The lowest BCUT2D eigenvalue weighted by atomic mass is 10.2. The van der Waals surface area contributed by atoms with E-state index in [-0.39, 0.29) is 17.4 Å². The zero-order chi connectivity index (χ0) is 15.4. The molecule has 0 aliphatic heterocycles. The summed E-state index contributed by atoms with van der Waals surface area (Å²) in [5, 5.41) is 16.5. The largest absolute Gasteiger partial charge is 0.334 e. The molecule has 0 atom stereocenters. The maximum Gasteiger partial charge on any atom is 0.312 e. The van der Waals surface area contributed by atoms with E-state index >= 15 is 0 Å². The molecule has 0 spiro atoms. The fourth-order valence-corrected chi connectivity index (χ4v) is 2.00. The van der Waals surface area contributed by atoms with Gasteiger partial charge in [0.2, 0.25) is 11.7 Å². The van der Waals surface area contributed by atoms with Gasteiger partial charge in [-0.25, -0.2) is 4.98 Å². The second kappa shape index (κ2) is 6.31. The summed E-state index contributed by atoms with van der Waals surface area (Å²) in [5.74, 6) is -0.0666. The van der Waals surface area contributed by atoms with Gasteiger partial charge in [-0.2, -0.15) is 0 Å². The van der Waals surface area contributed by atoms with E-state index in [4.69, 9.17) is 0 Å². The molecule has 0 bridgehead atoms. The number of hydrogen-bond acceptors (Lipinski definition) is 5. The van der Waals surface area contributed by atoms with Crippen LogP contribution in [0, 0.1) is 10.1 Å². The number of anilines is 3. The van der Waals surface area contributed by atoms with Gasteiger partial charge in [-0.15, -0.1) is 0 Å². The van der Waals surface area contributed by atoms with E-state index in [1.54, 1.807) is 24.3 Å². The molecular weight excluding hydrogens is 340 g/mol. The number of hydrogen-bond donors (Lipinski definition) is 2. The fraction of sp³-hybridized carbons (Fsp3) is 0.0769. The molecule has 0 saturated carbocycles. The van der Waals surface area contributed by atoms with Crippen molar-refractivity contribution in [3.63, 3.8) is 0 Å². The Morgan fingerprint density at radius 2 is 2.05 bits per heavy atom. The predicted molar refractivity (Wildman–Crippen MR) is 82.6 cm³/mol. The van der Waals surface area contributed by atoms with Crippen LogP contribution in [0.1, 0.15) is 6.92 Å². The fourth-order valence-electron chi connectivity index (χ4n) is 1.68. The molecule has 0 aliphatic carbocycles. The summed E-state index contributed by atoms with van der Waals surface area (Å²) in [7, 11) is 0. The number of pyridine rings is 1. The SMILES string of the molecule is CC(=O)Nc1cccc(Nc2ncc(Br)cc2[N+](=O)[O-])c1. The summed E-state index contributed by atoms with van der Waals surface area (Å²) in [6, 6.07) is 8.19. The highest BCUT2D eigenvalue weighted by atomic mass is 79.9. The third kappa shape index (κ3) is 3.99. The molecule has 2 N–H and O–H groups in total. The van der Waals surface area contributed by atoms with E-state index in [2.05, 4.69) is 31.5 Å². The van der Waals surface area contributed by atoms with Crippen LogP contribution < -0.4 is 10.6 Å². The third-order valence-corrected chi connectivity index (χ3v) is 2.91. The van der Waals surface area contributed by atoms with Crippen molar-refractivity contribution in [2.75, 3.05) is 10.6 Å². The van der Waals surface area contributed by atoms with Crippen LogP contribution in [0.4, 0.5) is 22.9 Å². The Labute approximate surface area is 128 Å². The number of benzene rings is 1. The summed E-state index contributed by atoms with van der Waals surface area (Å²) >= 11 is 3.15. The molecule has 0 saturated heterocycles. The van der Waals surface area contributed by atoms with Crippen LogP contribution in [0.5, 0.6) is 0 Å². The Morgan fingerprint density at radius 3 is 2.71 bits per heavy atom. The Kier molecular flexibility index (Phi) is 4.49. The highest BCUT2D eigenvalue weighted by molar-refractivity contribution is 9.10. The van der Waals surface area contributed by atoms with Crippen molar-refractivity contribution in [2.24, 2.45) is 0 Å². The third-order valence-electron chi connectivity index (χ3n) is 2.48. The number of nitrogens with one attached hydrogen (secondary N) is 2. The molecule has 21 heavy (non-hydrogen) atoms. The minimum Gasteiger partial charge on any atom is -0.334 e. The maximum absolute atomic E-state index is 11.0. The summed E-state index contributed by atoms with van der Waals surface area (Å²) < 4.78 is 0.520. The molecule has 8 heteroatoms. The first-order valence-electron chi connectivity index (χ1n) is 5.90. The molecule has 2 rings (SSSR count). The summed E-state index contributed by atoms with van der Waals surface area (Å²) in [5.41, 5.74) is 1.03. The molecule has 1 heterocycles. The predicted octanol–water partition coefficient (Wildman–Crippen LogP) is 3.45. The van der Waals surface area contributed by atoms with Crippen LogP contribution >= 0.6 is 15.9 Å². The van der Waals surface area contributed by atoms with Crippen LogP contribution in [0.3, 0.4) is 0 Å². The topological polar surface area (TPSA) is 97.2 Å². The van der Waals surface area contributed by atoms with Gasteiger partial charge in [-0.1, -0.05) is 6.07 Å². The number of nitrogens with zero attached hydrogens (tertiary/aromatic N) is 2. The van der Waals surface area contributed by atoms with Gasteiger partial charge >= 0.3 is 5.69 Å². The van der Waals surface area contributed by atoms with Crippen LogP contribution in [0.25, 0.3) is 0 Å². The molecule has 1 aromatic heterocycles. The lowest BCUT2D eigenvalue weighted by molar-refractivity contribution is -0.384. The van der Waals surface area contributed by atoms with Crippen molar-refractivity contribution in [3.8, 4) is 0 Å². The van der Waals surface area contributed by atoms with Gasteiger partial charge in [0.25, 0.3) is 0 Å². The van der Waals surface area contributed by atoms with Crippen molar-refractivity contribution in [1.29, 1.82) is 0 Å². The van der Waals surface area contributed by atoms with Crippen LogP contribution in [0.2, 0.25) is 0 Å². The van der Waals surface area contributed by atoms with Crippen molar-refractivity contribution < 1.29 is 9.72 Å². The van der Waals surface area contributed by atoms with Crippen molar-refractivity contribution in [2.45, 2.75) is 6.92 Å². The average Bonchev–Trinajstić information content (AvgIpc) is 2.40. The average molecular weight is 351 g/mol. The molecule has 1 aromatic carbocycles. The molecule has 0 fully saturated rings. The van der Waals surface area contributed by atoms with Gasteiger partial charge < -0.3 is 10.6 Å². The first-order valence-corrected chi connectivity index (χ1v) is 6.69. The molecular formula is C13H11BrN4O3. The number of nitro groups is 1. The zero-order valence-electron chi connectivity index (χ0n) is 11.0. The van der Waals surface area contributed by atoms with Crippen LogP contribution in [0.15, 0.2) is 41.0 Å². The minimum atomic E-state index is -0.516. The Balaban J connectivity index is 2.30. The number of carbonyl (C=O) groups excluding carboxylic acids is 1. The van der Waals surface area contributed by atoms with Gasteiger partial charge in [0.15, 0.2) is 0 Å². The second-order valence-corrected chi connectivity index (χ2v) is 5.08. The number of aromatic nitrogens is 1. The van der Waals surface area contributed by atoms with Gasteiger partial charge in [0.05, 0.1) is 4.92 Å². The smallest absolute Gasteiger partial charge is 0.312 e. The van der Waals surface area contributed by atoms with E-state index < -0.39 is 4.92 Å². The molecule has 108 valence electrons. The van der Waals surface area contributed by atoms with E-state index in [1.165, 1.54) is 19.2 Å². The second-order valence-electron chi connectivity index (χ2n) is 4.17. The highest BCUT2D eigenvalue weighted by Crippen LogP contribution is 2.28. The van der Waals surface area contributed by atoms with Crippen molar-refractivity contribution in [3.05, 3.63) is 51.1 Å². The van der Waals surface area contributed by atoms with Crippen LogP contribution in [-0.2, 0) is 4.79 Å². The molecule has 7 nitrogen and oxygen atoms in total. The Hall–Kier alpha value is -2.48. The molecule has 0 radical (unpaired) electrons. The Bertz CT molecular complexity index is 706. The van der Waals surface area contributed by atoms with E-state index in [0.717, 1.165) is 0 Å². The van der Waals surface area contributed by atoms with Gasteiger partial charge in [0.1, 0.15) is 0 Å². The highest BCUT2D eigenvalue weighted by Gasteiger charge is 2.16.